The lowest BCUT2D eigenvalue weighted by atomic mass is 9.87. The highest BCUT2D eigenvalue weighted by Crippen LogP contribution is 2.30. The van der Waals surface area contributed by atoms with Gasteiger partial charge in [0.05, 0.1) is 23.7 Å². The lowest BCUT2D eigenvalue weighted by molar-refractivity contribution is 0.314. The first-order chi connectivity index (χ1) is 11.5. The van der Waals surface area contributed by atoms with Gasteiger partial charge in [-0.25, -0.2) is 4.68 Å². The fourth-order valence-electron chi connectivity index (χ4n) is 2.45. The first-order valence-corrected chi connectivity index (χ1v) is 9.41. The molecule has 0 radical (unpaired) electrons. The smallest absolute Gasteiger partial charge is 0.310 e. The van der Waals surface area contributed by atoms with Crippen LogP contribution in [0.3, 0.4) is 0 Å². The number of ether oxygens (including phenoxy) is 1. The van der Waals surface area contributed by atoms with Crippen molar-refractivity contribution >= 4 is 11.8 Å². The van der Waals surface area contributed by atoms with Crippen molar-refractivity contribution in [1.29, 1.82) is 0 Å². The first-order valence-electron chi connectivity index (χ1n) is 8.43. The molecule has 0 saturated heterocycles. The monoisotopic (exact) mass is 360 g/mol. The third-order valence-electron chi connectivity index (χ3n) is 3.95. The van der Waals surface area contributed by atoms with Crippen LogP contribution in [0.1, 0.15) is 52.7 Å². The Morgan fingerprint density at radius 3 is 2.16 bits per heavy atom. The maximum Gasteiger partial charge on any atom is 0.310 e. The molecular weight excluding hydrogens is 332 g/mol. The number of methoxy groups -OCH3 is 1. The van der Waals surface area contributed by atoms with Crippen molar-refractivity contribution in [1.82, 2.24) is 9.78 Å². The molecule has 0 saturated carbocycles. The van der Waals surface area contributed by atoms with Crippen LogP contribution in [-0.4, -0.2) is 16.9 Å². The summed E-state index contributed by atoms with van der Waals surface area (Å²) in [6, 6.07) is 8.62. The van der Waals surface area contributed by atoms with Gasteiger partial charge >= 0.3 is 5.56 Å². The molecule has 0 atom stereocenters. The molecule has 0 aliphatic rings. The molecule has 0 unspecified atom stereocenters. The Kier molecular flexibility index (Phi) is 5.67. The quantitative estimate of drug-likeness (QED) is 0.748. The van der Waals surface area contributed by atoms with Crippen molar-refractivity contribution in [3.05, 3.63) is 51.9 Å². The summed E-state index contributed by atoms with van der Waals surface area (Å²) in [5.41, 5.74) is 2.10. The topological polar surface area (TPSA) is 44.1 Å². The Bertz CT molecular complexity index is 781. The van der Waals surface area contributed by atoms with Gasteiger partial charge < -0.3 is 4.74 Å². The van der Waals surface area contributed by atoms with Gasteiger partial charge in [-0.2, -0.15) is 5.10 Å². The second-order valence-electron chi connectivity index (χ2n) is 8.17. The lowest BCUT2D eigenvalue weighted by Gasteiger charge is -2.21. The van der Waals surface area contributed by atoms with Crippen LogP contribution in [0.2, 0.25) is 0 Å². The predicted molar refractivity (Wildman–Crippen MR) is 105 cm³/mol. The molecule has 0 N–H and O–H groups in total. The molecule has 2 aromatic rings. The van der Waals surface area contributed by atoms with Crippen molar-refractivity contribution in [2.24, 2.45) is 0 Å². The van der Waals surface area contributed by atoms with Crippen LogP contribution in [0.5, 0.6) is 5.75 Å². The van der Waals surface area contributed by atoms with E-state index in [4.69, 9.17) is 4.74 Å². The van der Waals surface area contributed by atoms with E-state index >= 15 is 0 Å². The number of benzene rings is 1. The Balaban J connectivity index is 2.21. The molecule has 25 heavy (non-hydrogen) atoms. The van der Waals surface area contributed by atoms with Gasteiger partial charge in [0.2, 0.25) is 5.75 Å². The Labute approximate surface area is 154 Å². The van der Waals surface area contributed by atoms with Crippen LogP contribution in [0, 0.1) is 0 Å². The molecule has 0 spiro atoms. The summed E-state index contributed by atoms with van der Waals surface area (Å²) >= 11 is 1.57. The van der Waals surface area contributed by atoms with Crippen molar-refractivity contribution in [2.45, 2.75) is 63.1 Å². The molecule has 0 bridgehead atoms. The zero-order valence-electron chi connectivity index (χ0n) is 16.2. The van der Waals surface area contributed by atoms with Crippen LogP contribution >= 0.6 is 11.8 Å². The molecule has 0 amide bonds. The molecule has 1 aromatic heterocycles. The number of aromatic nitrogens is 2. The van der Waals surface area contributed by atoms with Crippen molar-refractivity contribution in [3.8, 4) is 5.75 Å². The van der Waals surface area contributed by atoms with Crippen molar-refractivity contribution in [2.75, 3.05) is 7.11 Å². The minimum atomic E-state index is -0.379. The highest BCUT2D eigenvalue weighted by molar-refractivity contribution is 7.98. The predicted octanol–water partition coefficient (Wildman–Crippen LogP) is 4.60. The number of hydrogen-bond acceptors (Lipinski definition) is 4. The van der Waals surface area contributed by atoms with Gasteiger partial charge in [0.1, 0.15) is 0 Å². The zero-order valence-corrected chi connectivity index (χ0v) is 17.0. The molecule has 0 aliphatic heterocycles. The number of rotatable bonds is 4. The van der Waals surface area contributed by atoms with Gasteiger partial charge in [-0.15, -0.1) is 11.8 Å². The van der Waals surface area contributed by atoms with Gasteiger partial charge in [-0.3, -0.25) is 4.79 Å². The van der Waals surface area contributed by atoms with E-state index in [0.717, 1.165) is 10.6 Å². The fourth-order valence-corrected chi connectivity index (χ4v) is 3.39. The van der Waals surface area contributed by atoms with E-state index in [-0.39, 0.29) is 16.5 Å². The van der Waals surface area contributed by atoms with Crippen LogP contribution < -0.4 is 10.3 Å². The van der Waals surface area contributed by atoms with E-state index < -0.39 is 0 Å². The first kappa shape index (κ1) is 19.6. The summed E-state index contributed by atoms with van der Waals surface area (Å²) in [5.74, 6) is 1.13. The van der Waals surface area contributed by atoms with Crippen LogP contribution in [0.4, 0.5) is 0 Å². The number of thioether (sulfide) groups is 1. The van der Waals surface area contributed by atoms with E-state index in [2.05, 4.69) is 50.1 Å². The van der Waals surface area contributed by atoms with E-state index in [1.165, 1.54) is 22.9 Å². The van der Waals surface area contributed by atoms with E-state index in [1.54, 1.807) is 18.0 Å². The Morgan fingerprint density at radius 2 is 1.68 bits per heavy atom. The van der Waals surface area contributed by atoms with Gasteiger partial charge in [0.25, 0.3) is 0 Å². The maximum absolute atomic E-state index is 12.6. The normalized spacial score (nSPS) is 12.3. The van der Waals surface area contributed by atoms with Gasteiger partial charge in [0.15, 0.2) is 0 Å². The maximum atomic E-state index is 12.6. The summed E-state index contributed by atoms with van der Waals surface area (Å²) < 4.78 is 6.84. The molecule has 1 heterocycles. The minimum absolute atomic E-state index is 0.149. The highest BCUT2D eigenvalue weighted by Gasteiger charge is 2.21. The standard InChI is InChI=1S/C20H28N2O2S/c1-19(2,3)15-10-8-14(9-11-15)13-25-16-12-21-22(20(4,5)6)18(23)17(16)24-7/h8-12H,13H2,1-7H3. The van der Waals surface area contributed by atoms with Gasteiger partial charge in [-0.05, 0) is 37.3 Å². The molecule has 0 aliphatic carbocycles. The second kappa shape index (κ2) is 7.24. The molecule has 5 heteroatoms. The Hall–Kier alpha value is -1.75. The molecule has 0 fully saturated rings. The summed E-state index contributed by atoms with van der Waals surface area (Å²) in [7, 11) is 1.53. The van der Waals surface area contributed by atoms with Crippen molar-refractivity contribution < 1.29 is 4.74 Å². The third-order valence-corrected chi connectivity index (χ3v) is 5.03. The minimum Gasteiger partial charge on any atom is -0.490 e. The zero-order chi connectivity index (χ0) is 18.8. The summed E-state index contributed by atoms with van der Waals surface area (Å²) in [5, 5.41) is 4.32. The fraction of sp³-hybridized carbons (Fsp3) is 0.500. The molecular formula is C20H28N2O2S. The molecule has 2 rings (SSSR count). The SMILES string of the molecule is COc1c(SCc2ccc(C(C)(C)C)cc2)cnn(C(C)(C)C)c1=O. The van der Waals surface area contributed by atoms with Gasteiger partial charge in [0, 0.05) is 5.75 Å². The van der Waals surface area contributed by atoms with E-state index in [9.17, 15) is 4.79 Å². The van der Waals surface area contributed by atoms with Crippen LogP contribution in [0.25, 0.3) is 0 Å². The average molecular weight is 361 g/mol. The summed E-state index contributed by atoms with van der Waals surface area (Å²) in [6.07, 6.45) is 1.72. The van der Waals surface area contributed by atoms with Gasteiger partial charge in [-0.1, -0.05) is 45.0 Å². The largest absolute Gasteiger partial charge is 0.490 e. The third kappa shape index (κ3) is 4.66. The average Bonchev–Trinajstić information content (AvgIpc) is 2.51. The number of nitrogens with zero attached hydrogens (tertiary/aromatic N) is 2. The highest BCUT2D eigenvalue weighted by atomic mass is 32.2. The summed E-state index contributed by atoms with van der Waals surface area (Å²) in [6.45, 7) is 12.5. The summed E-state index contributed by atoms with van der Waals surface area (Å²) in [4.78, 5) is 13.4. The molecule has 4 nitrogen and oxygen atoms in total. The van der Waals surface area contributed by atoms with E-state index in [0.29, 0.717) is 5.75 Å². The van der Waals surface area contributed by atoms with E-state index in [1.807, 2.05) is 20.8 Å². The molecule has 136 valence electrons. The Morgan fingerprint density at radius 1 is 1.08 bits per heavy atom. The van der Waals surface area contributed by atoms with Crippen LogP contribution in [0.15, 0.2) is 40.2 Å². The molecule has 1 aromatic carbocycles. The lowest BCUT2D eigenvalue weighted by Crippen LogP contribution is -2.36. The van der Waals surface area contributed by atoms with Crippen LogP contribution in [-0.2, 0) is 16.7 Å². The number of hydrogen-bond donors (Lipinski definition) is 0. The van der Waals surface area contributed by atoms with Crippen molar-refractivity contribution in [3.63, 3.8) is 0 Å². The second-order valence-corrected chi connectivity index (χ2v) is 9.18.